The maximum absolute atomic E-state index is 9.42. The van der Waals surface area contributed by atoms with E-state index >= 15 is 0 Å². The van der Waals surface area contributed by atoms with Gasteiger partial charge in [-0.1, -0.05) is 66.9 Å². The van der Waals surface area contributed by atoms with Crippen molar-refractivity contribution in [3.8, 4) is 0 Å². The van der Waals surface area contributed by atoms with Crippen molar-refractivity contribution in [3.63, 3.8) is 0 Å². The molecule has 0 aromatic rings. The first kappa shape index (κ1) is 28.1. The predicted molar refractivity (Wildman–Crippen MR) is 131 cm³/mol. The zero-order valence-electron chi connectivity index (χ0n) is 20.4. The van der Waals surface area contributed by atoms with Gasteiger partial charge in [-0.3, -0.25) is 0 Å². The standard InChI is InChI=1S/C26H52OS/c1-10-21(6)23(15-13-20(5)18-27)16-24(11-2)26(8,9)17-25(28)22(7)14-12-19(3)4/h20-25,27-28H,3,10-18H2,1-2,4-9H3. The first-order valence-corrected chi connectivity index (χ1v) is 12.4. The summed E-state index contributed by atoms with van der Waals surface area (Å²) in [5.41, 5.74) is 1.60. The van der Waals surface area contributed by atoms with Gasteiger partial charge in [0.2, 0.25) is 0 Å². The van der Waals surface area contributed by atoms with Gasteiger partial charge in [0.05, 0.1) is 0 Å². The summed E-state index contributed by atoms with van der Waals surface area (Å²) in [4.78, 5) is 0. The number of aliphatic hydroxyl groups is 1. The van der Waals surface area contributed by atoms with E-state index in [4.69, 9.17) is 12.6 Å². The van der Waals surface area contributed by atoms with E-state index in [-0.39, 0.29) is 0 Å². The van der Waals surface area contributed by atoms with Gasteiger partial charge >= 0.3 is 0 Å². The van der Waals surface area contributed by atoms with Crippen molar-refractivity contribution in [2.75, 3.05) is 6.61 Å². The largest absolute Gasteiger partial charge is 0.396 e. The van der Waals surface area contributed by atoms with Gasteiger partial charge < -0.3 is 5.11 Å². The van der Waals surface area contributed by atoms with Gasteiger partial charge in [0.25, 0.3) is 0 Å². The van der Waals surface area contributed by atoms with E-state index in [1.54, 1.807) is 0 Å². The molecular formula is C26H52OS. The molecule has 0 aliphatic heterocycles. The molecule has 0 rings (SSSR count). The molecular weight excluding hydrogens is 360 g/mol. The van der Waals surface area contributed by atoms with Crippen molar-refractivity contribution in [1.82, 2.24) is 0 Å². The molecule has 2 heteroatoms. The average Bonchev–Trinajstić information content (AvgIpc) is 2.64. The van der Waals surface area contributed by atoms with Gasteiger partial charge in [-0.2, -0.15) is 12.6 Å². The molecule has 0 bridgehead atoms. The predicted octanol–water partition coefficient (Wildman–Crippen LogP) is 8.18. The highest BCUT2D eigenvalue weighted by molar-refractivity contribution is 7.81. The Labute approximate surface area is 183 Å². The van der Waals surface area contributed by atoms with E-state index < -0.39 is 0 Å². The van der Waals surface area contributed by atoms with Crippen LogP contribution in [0.2, 0.25) is 0 Å². The van der Waals surface area contributed by atoms with Gasteiger partial charge in [-0.05, 0) is 80.5 Å². The first-order valence-electron chi connectivity index (χ1n) is 11.9. The molecule has 6 unspecified atom stereocenters. The third-order valence-electron chi connectivity index (χ3n) is 7.39. The summed E-state index contributed by atoms with van der Waals surface area (Å²) in [6.07, 6.45) is 9.72. The smallest absolute Gasteiger partial charge is 0.0456 e. The molecule has 0 aliphatic carbocycles. The number of hydrogen-bond acceptors (Lipinski definition) is 2. The normalized spacial score (nSPS) is 18.9. The van der Waals surface area contributed by atoms with Gasteiger partial charge in [-0.25, -0.2) is 0 Å². The van der Waals surface area contributed by atoms with Gasteiger partial charge in [0.15, 0.2) is 0 Å². The minimum Gasteiger partial charge on any atom is -0.396 e. The number of aliphatic hydroxyl groups excluding tert-OH is 1. The molecule has 0 heterocycles. The van der Waals surface area contributed by atoms with Crippen LogP contribution in [-0.2, 0) is 0 Å². The summed E-state index contributed by atoms with van der Waals surface area (Å²) < 4.78 is 0. The van der Waals surface area contributed by atoms with Crippen molar-refractivity contribution >= 4 is 12.6 Å². The molecule has 6 atom stereocenters. The van der Waals surface area contributed by atoms with Gasteiger partial charge in [0, 0.05) is 11.9 Å². The highest BCUT2D eigenvalue weighted by Crippen LogP contribution is 2.43. The quantitative estimate of drug-likeness (QED) is 0.193. The topological polar surface area (TPSA) is 20.2 Å². The lowest BCUT2D eigenvalue weighted by molar-refractivity contribution is 0.120. The second kappa shape index (κ2) is 14.1. The third kappa shape index (κ3) is 10.7. The van der Waals surface area contributed by atoms with E-state index in [1.165, 1.54) is 44.1 Å². The number of rotatable bonds is 16. The van der Waals surface area contributed by atoms with E-state index in [1.807, 2.05) is 0 Å². The molecule has 0 aromatic heterocycles. The Balaban J connectivity index is 5.01. The maximum Gasteiger partial charge on any atom is 0.0456 e. The van der Waals surface area contributed by atoms with Gasteiger partial charge in [-0.15, -0.1) is 6.58 Å². The Kier molecular flexibility index (Phi) is 14.1. The fraction of sp³-hybridized carbons (Fsp3) is 0.923. The molecule has 0 aliphatic rings. The van der Waals surface area contributed by atoms with Crippen LogP contribution < -0.4 is 0 Å². The molecule has 0 radical (unpaired) electrons. The van der Waals surface area contributed by atoms with Crippen LogP contribution in [0.5, 0.6) is 0 Å². The minimum absolute atomic E-state index is 0.312. The lowest BCUT2D eigenvalue weighted by atomic mass is 9.67. The van der Waals surface area contributed by atoms with Crippen LogP contribution in [-0.4, -0.2) is 17.0 Å². The molecule has 28 heavy (non-hydrogen) atoms. The van der Waals surface area contributed by atoms with Crippen molar-refractivity contribution in [2.45, 2.75) is 112 Å². The number of hydrogen-bond donors (Lipinski definition) is 2. The highest BCUT2D eigenvalue weighted by Gasteiger charge is 2.34. The van der Waals surface area contributed by atoms with Crippen LogP contribution in [0, 0.1) is 35.0 Å². The zero-order chi connectivity index (χ0) is 21.9. The van der Waals surface area contributed by atoms with E-state index in [2.05, 4.69) is 62.0 Å². The number of thiol groups is 1. The molecule has 1 N–H and O–H groups in total. The SMILES string of the molecule is C=C(C)CCC(C)C(S)CC(C)(C)C(CC)CC(CCC(C)CO)C(C)CC. The minimum atomic E-state index is 0.312. The lowest BCUT2D eigenvalue weighted by Crippen LogP contribution is -2.32. The monoisotopic (exact) mass is 412 g/mol. The number of allylic oxidation sites excluding steroid dienone is 1. The fourth-order valence-electron chi connectivity index (χ4n) is 4.53. The van der Waals surface area contributed by atoms with Crippen molar-refractivity contribution < 1.29 is 5.11 Å². The Morgan fingerprint density at radius 2 is 1.61 bits per heavy atom. The van der Waals surface area contributed by atoms with Crippen molar-refractivity contribution in [2.24, 2.45) is 35.0 Å². The Morgan fingerprint density at radius 3 is 2.07 bits per heavy atom. The molecule has 0 fully saturated rings. The molecule has 1 nitrogen and oxygen atoms in total. The molecule has 0 spiro atoms. The van der Waals surface area contributed by atoms with Crippen molar-refractivity contribution in [3.05, 3.63) is 12.2 Å². The summed E-state index contributed by atoms with van der Waals surface area (Å²) in [5.74, 6) is 3.32. The van der Waals surface area contributed by atoms with Crippen LogP contribution in [0.15, 0.2) is 12.2 Å². The third-order valence-corrected chi connectivity index (χ3v) is 8.09. The molecule has 0 saturated heterocycles. The highest BCUT2D eigenvalue weighted by atomic mass is 32.1. The van der Waals surface area contributed by atoms with E-state index in [9.17, 15) is 5.11 Å². The second-order valence-electron chi connectivity index (χ2n) is 10.6. The average molecular weight is 413 g/mol. The second-order valence-corrected chi connectivity index (χ2v) is 11.2. The first-order chi connectivity index (χ1) is 13.0. The summed E-state index contributed by atoms with van der Waals surface area (Å²) in [5, 5.41) is 9.87. The molecule has 0 aromatic carbocycles. The van der Waals surface area contributed by atoms with Crippen LogP contribution in [0.4, 0.5) is 0 Å². The fourth-order valence-corrected chi connectivity index (χ4v) is 5.15. The van der Waals surface area contributed by atoms with Gasteiger partial charge in [0.1, 0.15) is 0 Å². The van der Waals surface area contributed by atoms with E-state index in [0.29, 0.717) is 29.1 Å². The van der Waals surface area contributed by atoms with Crippen LogP contribution in [0.1, 0.15) is 107 Å². The lowest BCUT2D eigenvalue weighted by Gasteiger charge is -2.40. The van der Waals surface area contributed by atoms with Crippen LogP contribution in [0.3, 0.4) is 0 Å². The van der Waals surface area contributed by atoms with Crippen LogP contribution >= 0.6 is 12.6 Å². The van der Waals surface area contributed by atoms with Crippen LogP contribution in [0.25, 0.3) is 0 Å². The Bertz CT molecular complexity index is 417. The summed E-state index contributed by atoms with van der Waals surface area (Å²) in [7, 11) is 0. The molecule has 0 saturated carbocycles. The Hall–Kier alpha value is 0.0500. The van der Waals surface area contributed by atoms with Crippen molar-refractivity contribution in [1.29, 1.82) is 0 Å². The maximum atomic E-state index is 9.42. The summed E-state index contributed by atoms with van der Waals surface area (Å²) in [6, 6.07) is 0. The molecule has 168 valence electrons. The van der Waals surface area contributed by atoms with E-state index in [0.717, 1.165) is 30.6 Å². The molecule has 0 amide bonds. The Morgan fingerprint density at radius 1 is 1.00 bits per heavy atom. The summed E-state index contributed by atoms with van der Waals surface area (Å²) in [6.45, 7) is 23.1. The zero-order valence-corrected chi connectivity index (χ0v) is 21.3. The summed E-state index contributed by atoms with van der Waals surface area (Å²) >= 11 is 5.03.